The number of halogens is 2. The first-order valence-electron chi connectivity index (χ1n) is 6.91. The van der Waals surface area contributed by atoms with Crippen LogP contribution in [0.3, 0.4) is 0 Å². The lowest BCUT2D eigenvalue weighted by atomic mass is 10.3. The summed E-state index contributed by atoms with van der Waals surface area (Å²) >= 11 is 0.784. The van der Waals surface area contributed by atoms with Gasteiger partial charge in [0, 0.05) is 6.20 Å². The summed E-state index contributed by atoms with van der Waals surface area (Å²) in [6.45, 7) is 0. The highest BCUT2D eigenvalue weighted by molar-refractivity contribution is 7.18. The molecule has 0 saturated heterocycles. The van der Waals surface area contributed by atoms with Gasteiger partial charge in [-0.05, 0) is 24.3 Å². The number of hydrogen-bond acceptors (Lipinski definition) is 5. The summed E-state index contributed by atoms with van der Waals surface area (Å²) in [4.78, 5) is 15.9. The van der Waals surface area contributed by atoms with Crippen LogP contribution < -0.4 is 5.32 Å². The van der Waals surface area contributed by atoms with E-state index in [1.54, 1.807) is 48.7 Å². The van der Waals surface area contributed by atoms with Crippen molar-refractivity contribution >= 4 is 39.1 Å². The number of pyridine rings is 1. The number of anilines is 1. The summed E-state index contributed by atoms with van der Waals surface area (Å²) in [5.41, 5.74) is 0.869. The number of carbonyl (C=O) groups is 1. The summed E-state index contributed by atoms with van der Waals surface area (Å²) < 4.78 is 30.9. The minimum Gasteiger partial charge on any atom is -0.289 e. The quantitative estimate of drug-likeness (QED) is 0.619. The Labute approximate surface area is 137 Å². The first kappa shape index (κ1) is 14.6. The molecule has 0 atom stereocenters. The summed E-state index contributed by atoms with van der Waals surface area (Å²) in [7, 11) is 0. The third kappa shape index (κ3) is 2.29. The van der Waals surface area contributed by atoms with Crippen molar-refractivity contribution in [3.8, 4) is 0 Å². The van der Waals surface area contributed by atoms with Crippen LogP contribution in [0.25, 0.3) is 15.9 Å². The molecule has 4 rings (SSSR count). The number of para-hydroxylation sites is 1. The molecule has 1 N–H and O–H groups in total. The zero-order valence-electron chi connectivity index (χ0n) is 12.0. The SMILES string of the molecule is O=C(Nc1nnc2ccccn12)C(F)(F)c1nc2ccccc2s1. The number of benzene rings is 1. The van der Waals surface area contributed by atoms with Gasteiger partial charge in [0.2, 0.25) is 5.95 Å². The summed E-state index contributed by atoms with van der Waals surface area (Å²) in [5, 5.41) is 9.07. The van der Waals surface area contributed by atoms with Crippen molar-refractivity contribution in [2.75, 3.05) is 5.32 Å². The Kier molecular flexibility index (Phi) is 3.24. The van der Waals surface area contributed by atoms with E-state index in [4.69, 9.17) is 0 Å². The lowest BCUT2D eigenvalue weighted by molar-refractivity contribution is -0.141. The zero-order chi connectivity index (χ0) is 16.7. The number of alkyl halides is 2. The zero-order valence-corrected chi connectivity index (χ0v) is 12.8. The largest absolute Gasteiger partial charge is 0.375 e. The number of nitrogens with one attached hydrogen (secondary N) is 1. The van der Waals surface area contributed by atoms with Crippen LogP contribution in [0, 0.1) is 0 Å². The molecule has 0 saturated carbocycles. The Hall–Kier alpha value is -2.94. The average Bonchev–Trinajstić information content (AvgIpc) is 3.19. The van der Waals surface area contributed by atoms with Crippen LogP contribution in [0.5, 0.6) is 0 Å². The third-order valence-corrected chi connectivity index (χ3v) is 4.49. The Balaban J connectivity index is 1.67. The molecule has 24 heavy (non-hydrogen) atoms. The van der Waals surface area contributed by atoms with E-state index in [-0.39, 0.29) is 5.95 Å². The Bertz CT molecular complexity index is 1030. The molecule has 0 radical (unpaired) electrons. The summed E-state index contributed by atoms with van der Waals surface area (Å²) in [6, 6.07) is 11.8. The van der Waals surface area contributed by atoms with Gasteiger partial charge in [-0.15, -0.1) is 21.5 Å². The number of nitrogens with zero attached hydrogens (tertiary/aromatic N) is 4. The summed E-state index contributed by atoms with van der Waals surface area (Å²) in [5.74, 6) is -5.35. The number of aromatic nitrogens is 4. The van der Waals surface area contributed by atoms with Gasteiger partial charge in [0.05, 0.1) is 10.2 Å². The van der Waals surface area contributed by atoms with E-state index in [1.807, 2.05) is 0 Å². The molecule has 0 spiro atoms. The first-order valence-corrected chi connectivity index (χ1v) is 7.72. The van der Waals surface area contributed by atoms with E-state index in [0.717, 1.165) is 11.3 Å². The van der Waals surface area contributed by atoms with Gasteiger partial charge in [0.1, 0.15) is 0 Å². The van der Waals surface area contributed by atoms with Crippen LogP contribution >= 0.6 is 11.3 Å². The monoisotopic (exact) mass is 345 g/mol. The van der Waals surface area contributed by atoms with Gasteiger partial charge >= 0.3 is 11.8 Å². The molecule has 0 aliphatic carbocycles. The minimum absolute atomic E-state index is 0.0728. The fourth-order valence-electron chi connectivity index (χ4n) is 2.21. The Morgan fingerprint density at radius 2 is 1.92 bits per heavy atom. The third-order valence-electron chi connectivity index (χ3n) is 3.39. The Morgan fingerprint density at radius 3 is 2.75 bits per heavy atom. The predicted octanol–water partition coefficient (Wildman–Crippen LogP) is 3.07. The van der Waals surface area contributed by atoms with Crippen LogP contribution in [0.15, 0.2) is 48.7 Å². The molecule has 9 heteroatoms. The lowest BCUT2D eigenvalue weighted by Gasteiger charge is -2.12. The molecule has 3 aromatic heterocycles. The molecule has 4 aromatic rings. The van der Waals surface area contributed by atoms with Gasteiger partial charge < -0.3 is 0 Å². The van der Waals surface area contributed by atoms with Crippen molar-refractivity contribution in [1.82, 2.24) is 19.6 Å². The van der Waals surface area contributed by atoms with Crippen LogP contribution in [0.2, 0.25) is 0 Å². The minimum atomic E-state index is -3.77. The van der Waals surface area contributed by atoms with Crippen molar-refractivity contribution in [3.63, 3.8) is 0 Å². The highest BCUT2D eigenvalue weighted by Crippen LogP contribution is 2.35. The number of amides is 1. The molecule has 120 valence electrons. The van der Waals surface area contributed by atoms with E-state index in [2.05, 4.69) is 20.5 Å². The first-order chi connectivity index (χ1) is 11.6. The molecule has 1 aromatic carbocycles. The molecule has 0 aliphatic heterocycles. The fraction of sp³-hybridized carbons (Fsp3) is 0.0667. The van der Waals surface area contributed by atoms with Gasteiger partial charge in [-0.2, -0.15) is 8.78 Å². The van der Waals surface area contributed by atoms with Crippen molar-refractivity contribution < 1.29 is 13.6 Å². The van der Waals surface area contributed by atoms with Crippen LogP contribution in [0.1, 0.15) is 5.01 Å². The maximum Gasteiger partial charge on any atom is 0.375 e. The van der Waals surface area contributed by atoms with Crippen LogP contribution in [-0.4, -0.2) is 25.5 Å². The number of carbonyl (C=O) groups excluding carboxylic acids is 1. The second-order valence-electron chi connectivity index (χ2n) is 4.97. The average molecular weight is 345 g/mol. The maximum absolute atomic E-state index is 14.5. The maximum atomic E-state index is 14.5. The molecule has 6 nitrogen and oxygen atoms in total. The number of thiazole rings is 1. The number of hydrogen-bond donors (Lipinski definition) is 1. The molecule has 0 fully saturated rings. The van der Waals surface area contributed by atoms with Crippen molar-refractivity contribution in [2.24, 2.45) is 0 Å². The van der Waals surface area contributed by atoms with Crippen LogP contribution in [0.4, 0.5) is 14.7 Å². The molecule has 0 unspecified atom stereocenters. The van der Waals surface area contributed by atoms with E-state index < -0.39 is 16.8 Å². The van der Waals surface area contributed by atoms with Gasteiger partial charge in [-0.25, -0.2) is 4.98 Å². The van der Waals surface area contributed by atoms with Gasteiger partial charge in [-0.3, -0.25) is 14.5 Å². The van der Waals surface area contributed by atoms with E-state index in [0.29, 0.717) is 15.9 Å². The fourth-order valence-corrected chi connectivity index (χ4v) is 3.15. The van der Waals surface area contributed by atoms with E-state index >= 15 is 0 Å². The molecule has 1 amide bonds. The smallest absolute Gasteiger partial charge is 0.289 e. The van der Waals surface area contributed by atoms with Gasteiger partial charge in [-0.1, -0.05) is 18.2 Å². The molecule has 0 bridgehead atoms. The lowest BCUT2D eigenvalue weighted by Crippen LogP contribution is -2.32. The van der Waals surface area contributed by atoms with Crippen molar-refractivity contribution in [3.05, 3.63) is 53.7 Å². The second-order valence-corrected chi connectivity index (χ2v) is 6.00. The molecule has 3 heterocycles. The van der Waals surface area contributed by atoms with Crippen LogP contribution in [-0.2, 0) is 10.7 Å². The second kappa shape index (κ2) is 5.31. The van der Waals surface area contributed by atoms with Crippen molar-refractivity contribution in [1.29, 1.82) is 0 Å². The van der Waals surface area contributed by atoms with Gasteiger partial charge in [0.25, 0.3) is 0 Å². The highest BCUT2D eigenvalue weighted by atomic mass is 32.1. The topological polar surface area (TPSA) is 72.2 Å². The standard InChI is InChI=1S/C15H9F2N5OS/c16-15(17,13-18-9-5-1-2-6-10(9)24-13)12(23)19-14-21-20-11-7-3-4-8-22(11)14/h1-8H,(H,19,21,23). The Morgan fingerprint density at radius 1 is 1.12 bits per heavy atom. The molecular weight excluding hydrogens is 336 g/mol. The van der Waals surface area contributed by atoms with Crippen molar-refractivity contribution in [2.45, 2.75) is 5.92 Å². The molecule has 0 aliphatic rings. The normalized spacial score (nSPS) is 11.9. The molecular formula is C15H9F2N5OS. The highest BCUT2D eigenvalue weighted by Gasteiger charge is 2.44. The predicted molar refractivity (Wildman–Crippen MR) is 85.1 cm³/mol. The number of rotatable bonds is 3. The van der Waals surface area contributed by atoms with Gasteiger partial charge in [0.15, 0.2) is 10.7 Å². The number of fused-ring (bicyclic) bond motifs is 2. The summed E-state index contributed by atoms with van der Waals surface area (Å²) in [6.07, 6.45) is 1.57. The van der Waals surface area contributed by atoms with E-state index in [1.165, 1.54) is 4.40 Å². The van der Waals surface area contributed by atoms with E-state index in [9.17, 15) is 13.6 Å².